The molecule has 0 bridgehead atoms. The van der Waals surface area contributed by atoms with E-state index in [4.69, 9.17) is 9.47 Å². The number of fused-ring (bicyclic) bond motifs is 1. The van der Waals surface area contributed by atoms with Crippen molar-refractivity contribution in [3.05, 3.63) is 89.6 Å². The molecule has 1 unspecified atom stereocenters. The maximum atomic E-state index is 13.1. The van der Waals surface area contributed by atoms with Crippen LogP contribution in [-0.2, 0) is 27.8 Å². The quantitative estimate of drug-likeness (QED) is 0.271. The van der Waals surface area contributed by atoms with Gasteiger partial charge in [0.05, 0.1) is 12.0 Å². The lowest BCUT2D eigenvalue weighted by Crippen LogP contribution is -2.42. The Morgan fingerprint density at radius 2 is 1.82 bits per heavy atom. The van der Waals surface area contributed by atoms with E-state index >= 15 is 0 Å². The van der Waals surface area contributed by atoms with Crippen LogP contribution in [0, 0.1) is 18.8 Å². The number of carboxylic acid groups (broad SMARTS) is 1. The van der Waals surface area contributed by atoms with Crippen LogP contribution in [0.1, 0.15) is 23.6 Å². The molecule has 3 aromatic carbocycles. The summed E-state index contributed by atoms with van der Waals surface area (Å²) in [6.07, 6.45) is 1.82. The number of nitrogens with zero attached hydrogens (tertiary/aromatic N) is 1. The zero-order valence-corrected chi connectivity index (χ0v) is 22.8. The molecule has 0 amide bonds. The molecule has 0 aliphatic rings. The van der Waals surface area contributed by atoms with Crippen molar-refractivity contribution in [3.63, 3.8) is 0 Å². The molecule has 0 fully saturated rings. The van der Waals surface area contributed by atoms with Gasteiger partial charge in [0, 0.05) is 30.1 Å². The van der Waals surface area contributed by atoms with Crippen molar-refractivity contribution in [1.82, 2.24) is 9.29 Å². The Morgan fingerprint density at radius 3 is 2.49 bits per heavy atom. The van der Waals surface area contributed by atoms with Gasteiger partial charge in [-0.3, -0.25) is 4.79 Å². The topological polar surface area (TPSA) is 107 Å². The molecule has 1 atom stereocenters. The first-order valence-electron chi connectivity index (χ1n) is 12.3. The van der Waals surface area contributed by atoms with Gasteiger partial charge >= 0.3 is 5.97 Å². The van der Waals surface area contributed by atoms with E-state index in [0.717, 1.165) is 22.0 Å². The van der Waals surface area contributed by atoms with Crippen LogP contribution in [0.5, 0.6) is 11.5 Å². The van der Waals surface area contributed by atoms with Gasteiger partial charge in [-0.15, -0.1) is 5.92 Å². The molecule has 0 spiro atoms. The van der Waals surface area contributed by atoms with Gasteiger partial charge < -0.3 is 19.1 Å². The second kappa shape index (κ2) is 12.1. The van der Waals surface area contributed by atoms with Crippen LogP contribution in [0.15, 0.2) is 77.8 Å². The normalized spacial score (nSPS) is 12.0. The van der Waals surface area contributed by atoms with Crippen molar-refractivity contribution in [2.24, 2.45) is 0 Å². The first-order valence-corrected chi connectivity index (χ1v) is 13.8. The molecular formula is C30H30N2O6S. The number of carboxylic acids is 1. The Morgan fingerprint density at radius 1 is 1.08 bits per heavy atom. The number of aryl methyl sites for hydroxylation is 1. The fourth-order valence-electron chi connectivity index (χ4n) is 4.34. The SMILES string of the molecule is CC#CCOc1ccc(S(=O)(=O)NC(Cc2cn(Cc3cccc(C)c3)c3ccc(OC)cc23)C(=O)O)cc1. The second-order valence-corrected chi connectivity index (χ2v) is 10.8. The van der Waals surface area contributed by atoms with Crippen LogP contribution in [0.2, 0.25) is 0 Å². The fraction of sp³-hybridized carbons (Fsp3) is 0.233. The van der Waals surface area contributed by atoms with Crippen LogP contribution in [0.4, 0.5) is 0 Å². The number of sulfonamides is 1. The molecule has 0 saturated heterocycles. The lowest BCUT2D eigenvalue weighted by atomic mass is 10.1. The number of nitrogens with one attached hydrogen (secondary N) is 1. The summed E-state index contributed by atoms with van der Waals surface area (Å²) in [5.74, 6) is 5.28. The minimum absolute atomic E-state index is 0.0596. The number of methoxy groups -OCH3 is 1. The van der Waals surface area contributed by atoms with E-state index in [1.807, 2.05) is 54.1 Å². The summed E-state index contributed by atoms with van der Waals surface area (Å²) in [6.45, 7) is 4.48. The molecule has 0 radical (unpaired) electrons. The number of aliphatic carboxylic acids is 1. The molecule has 9 heteroatoms. The molecule has 39 heavy (non-hydrogen) atoms. The minimum atomic E-state index is -4.13. The average molecular weight is 547 g/mol. The number of ether oxygens (including phenoxy) is 2. The summed E-state index contributed by atoms with van der Waals surface area (Å²) in [6, 6.07) is 18.1. The maximum Gasteiger partial charge on any atom is 0.322 e. The summed E-state index contributed by atoms with van der Waals surface area (Å²) in [7, 11) is -2.56. The average Bonchev–Trinajstić information content (AvgIpc) is 3.24. The number of rotatable bonds is 11. The highest BCUT2D eigenvalue weighted by Gasteiger charge is 2.27. The first kappa shape index (κ1) is 27.8. The standard InChI is InChI=1S/C30H30N2O6S/c1-4-5-15-38-24-9-12-26(13-10-24)39(35,36)31-28(30(33)34)17-23-20-32(19-22-8-6-7-21(2)16-22)29-14-11-25(37-3)18-27(23)29/h6-14,16,18,20,28,31H,15,17,19H2,1-3H3,(H,33,34). The largest absolute Gasteiger partial charge is 0.497 e. The number of hydrogen-bond acceptors (Lipinski definition) is 5. The van der Waals surface area contributed by atoms with E-state index in [-0.39, 0.29) is 17.9 Å². The van der Waals surface area contributed by atoms with Crippen LogP contribution in [0.25, 0.3) is 10.9 Å². The predicted molar refractivity (Wildman–Crippen MR) is 150 cm³/mol. The zero-order valence-electron chi connectivity index (χ0n) is 22.0. The Hall–Kier alpha value is -4.26. The van der Waals surface area contributed by atoms with Gasteiger partial charge in [-0.25, -0.2) is 8.42 Å². The molecule has 1 aromatic heterocycles. The molecule has 1 heterocycles. The van der Waals surface area contributed by atoms with Gasteiger partial charge in [0.1, 0.15) is 24.1 Å². The van der Waals surface area contributed by atoms with E-state index < -0.39 is 22.0 Å². The van der Waals surface area contributed by atoms with Crippen LogP contribution in [-0.4, -0.2) is 43.8 Å². The van der Waals surface area contributed by atoms with Crippen molar-refractivity contribution in [2.45, 2.75) is 37.8 Å². The first-order chi connectivity index (χ1) is 18.7. The van der Waals surface area contributed by atoms with Crippen molar-refractivity contribution < 1.29 is 27.8 Å². The third-order valence-electron chi connectivity index (χ3n) is 6.25. The fourth-order valence-corrected chi connectivity index (χ4v) is 5.53. The van der Waals surface area contributed by atoms with E-state index in [1.54, 1.807) is 14.0 Å². The van der Waals surface area contributed by atoms with Crippen LogP contribution in [0.3, 0.4) is 0 Å². The molecule has 2 N–H and O–H groups in total. The van der Waals surface area contributed by atoms with E-state index in [1.165, 1.54) is 24.3 Å². The predicted octanol–water partition coefficient (Wildman–Crippen LogP) is 4.38. The lowest BCUT2D eigenvalue weighted by molar-refractivity contribution is -0.138. The highest BCUT2D eigenvalue weighted by molar-refractivity contribution is 7.89. The van der Waals surface area contributed by atoms with Crippen LogP contribution >= 0.6 is 0 Å². The molecule has 8 nitrogen and oxygen atoms in total. The van der Waals surface area contributed by atoms with E-state index in [2.05, 4.69) is 22.6 Å². The Bertz CT molecular complexity index is 1650. The number of carbonyl (C=O) groups is 1. The number of benzene rings is 3. The smallest absolute Gasteiger partial charge is 0.322 e. The van der Waals surface area contributed by atoms with Crippen molar-refractivity contribution in [3.8, 4) is 23.3 Å². The number of aromatic nitrogens is 1. The zero-order chi connectivity index (χ0) is 28.0. The van der Waals surface area contributed by atoms with Gasteiger partial charge in [-0.05, 0) is 67.4 Å². The monoisotopic (exact) mass is 546 g/mol. The second-order valence-electron chi connectivity index (χ2n) is 9.06. The molecule has 4 aromatic rings. The van der Waals surface area contributed by atoms with Gasteiger partial charge in [0.2, 0.25) is 10.0 Å². The molecule has 0 saturated carbocycles. The molecule has 0 aliphatic carbocycles. The van der Waals surface area contributed by atoms with Gasteiger partial charge in [-0.1, -0.05) is 35.7 Å². The summed E-state index contributed by atoms with van der Waals surface area (Å²) in [4.78, 5) is 12.2. The highest BCUT2D eigenvalue weighted by Crippen LogP contribution is 2.28. The molecule has 4 rings (SSSR count). The summed E-state index contributed by atoms with van der Waals surface area (Å²) in [5.41, 5.74) is 3.81. The van der Waals surface area contributed by atoms with E-state index in [0.29, 0.717) is 23.6 Å². The third kappa shape index (κ3) is 6.79. The molecule has 202 valence electrons. The van der Waals surface area contributed by atoms with Gasteiger partial charge in [0.25, 0.3) is 0 Å². The summed E-state index contributed by atoms with van der Waals surface area (Å²) in [5, 5.41) is 10.8. The van der Waals surface area contributed by atoms with Gasteiger partial charge in [-0.2, -0.15) is 4.72 Å². The summed E-state index contributed by atoms with van der Waals surface area (Å²) >= 11 is 0. The lowest BCUT2D eigenvalue weighted by Gasteiger charge is -2.15. The van der Waals surface area contributed by atoms with Crippen molar-refractivity contribution in [2.75, 3.05) is 13.7 Å². The van der Waals surface area contributed by atoms with E-state index in [9.17, 15) is 18.3 Å². The highest BCUT2D eigenvalue weighted by atomic mass is 32.2. The summed E-state index contributed by atoms with van der Waals surface area (Å²) < 4.78 is 41.4. The third-order valence-corrected chi connectivity index (χ3v) is 7.74. The van der Waals surface area contributed by atoms with Crippen LogP contribution < -0.4 is 14.2 Å². The van der Waals surface area contributed by atoms with Crippen molar-refractivity contribution >= 4 is 26.9 Å². The van der Waals surface area contributed by atoms with Gasteiger partial charge in [0.15, 0.2) is 0 Å². The Kier molecular flexibility index (Phi) is 8.59. The van der Waals surface area contributed by atoms with Crippen molar-refractivity contribution in [1.29, 1.82) is 0 Å². The Balaban J connectivity index is 1.62. The number of hydrogen-bond donors (Lipinski definition) is 2. The maximum absolute atomic E-state index is 13.1. The molecule has 0 aliphatic heterocycles. The Labute approximate surface area is 228 Å². The molecular weight excluding hydrogens is 516 g/mol. The minimum Gasteiger partial charge on any atom is -0.497 e.